The summed E-state index contributed by atoms with van der Waals surface area (Å²) >= 11 is 1.79. The monoisotopic (exact) mass is 191 g/mol. The summed E-state index contributed by atoms with van der Waals surface area (Å²) in [6.45, 7) is 1.02. The first-order chi connectivity index (χ1) is 6.31. The average Bonchev–Trinajstić information content (AvgIpc) is 2.18. The van der Waals surface area contributed by atoms with Crippen molar-refractivity contribution in [2.24, 2.45) is 0 Å². The Morgan fingerprint density at radius 2 is 2.23 bits per heavy atom. The van der Waals surface area contributed by atoms with Crippen molar-refractivity contribution in [2.75, 3.05) is 24.7 Å². The zero-order valence-electron chi connectivity index (χ0n) is 7.95. The molecule has 0 N–H and O–H groups in total. The van der Waals surface area contributed by atoms with E-state index in [2.05, 4.69) is 48.6 Å². The summed E-state index contributed by atoms with van der Waals surface area (Å²) in [6, 6.07) is 6.62. The highest BCUT2D eigenvalue weighted by Crippen LogP contribution is 2.28. The normalized spacial score (nSPS) is 14.5. The Bertz CT molecular complexity index is 344. The number of fused-ring (bicyclic) bond motifs is 1. The minimum atomic E-state index is 1.02. The fourth-order valence-corrected chi connectivity index (χ4v) is 2.03. The lowest BCUT2D eigenvalue weighted by Crippen LogP contribution is -2.19. The summed E-state index contributed by atoms with van der Waals surface area (Å²) in [5.74, 6) is 0. The van der Waals surface area contributed by atoms with E-state index in [-0.39, 0.29) is 0 Å². The molecule has 2 rings (SSSR count). The van der Waals surface area contributed by atoms with Crippen LogP contribution in [0.25, 0.3) is 6.08 Å². The second-order valence-electron chi connectivity index (χ2n) is 3.21. The number of hydrogen-bond acceptors (Lipinski definition) is 2. The van der Waals surface area contributed by atoms with Crippen molar-refractivity contribution in [3.8, 4) is 0 Å². The molecule has 0 saturated heterocycles. The van der Waals surface area contributed by atoms with E-state index in [4.69, 9.17) is 0 Å². The molecule has 0 unspecified atom stereocenters. The predicted octanol–water partition coefficient (Wildman–Crippen LogP) is 2.87. The molecule has 0 spiro atoms. The third-order valence-corrected chi connectivity index (χ3v) is 3.05. The lowest BCUT2D eigenvalue weighted by Gasteiger charge is -2.23. The molecule has 0 fully saturated rings. The van der Waals surface area contributed by atoms with Gasteiger partial charge in [-0.2, -0.15) is 0 Å². The van der Waals surface area contributed by atoms with Crippen molar-refractivity contribution < 1.29 is 0 Å². The van der Waals surface area contributed by atoms with Crippen LogP contribution in [0.5, 0.6) is 0 Å². The average molecular weight is 191 g/mol. The maximum absolute atomic E-state index is 2.26. The molecular formula is C11H13NS. The molecule has 1 aromatic rings. The van der Waals surface area contributed by atoms with Gasteiger partial charge < -0.3 is 4.90 Å². The Morgan fingerprint density at radius 1 is 1.38 bits per heavy atom. The van der Waals surface area contributed by atoms with Gasteiger partial charge in [0, 0.05) is 24.2 Å². The fourth-order valence-electron chi connectivity index (χ4n) is 1.58. The topological polar surface area (TPSA) is 3.24 Å². The number of nitrogens with zero attached hydrogens (tertiary/aromatic N) is 1. The summed E-state index contributed by atoms with van der Waals surface area (Å²) in [5, 5.41) is 0. The summed E-state index contributed by atoms with van der Waals surface area (Å²) in [5.41, 5.74) is 2.67. The summed E-state index contributed by atoms with van der Waals surface area (Å²) in [7, 11) is 2.13. The number of benzene rings is 1. The molecule has 0 radical (unpaired) electrons. The quantitative estimate of drug-likeness (QED) is 0.628. The molecule has 1 heterocycles. The van der Waals surface area contributed by atoms with Crippen molar-refractivity contribution >= 4 is 23.5 Å². The molecule has 1 aliphatic rings. The summed E-state index contributed by atoms with van der Waals surface area (Å²) < 4.78 is 0. The maximum atomic E-state index is 2.26. The Kier molecular flexibility index (Phi) is 2.32. The van der Waals surface area contributed by atoms with Crippen LogP contribution in [-0.2, 0) is 0 Å². The first-order valence-electron chi connectivity index (χ1n) is 4.37. The van der Waals surface area contributed by atoms with Crippen molar-refractivity contribution in [1.29, 1.82) is 0 Å². The van der Waals surface area contributed by atoms with Gasteiger partial charge in [0.2, 0.25) is 0 Å². The van der Waals surface area contributed by atoms with Crippen LogP contribution in [0, 0.1) is 0 Å². The first kappa shape index (κ1) is 8.70. The number of likely N-dealkylation sites (N-methyl/N-ethyl adjacent to an activating group) is 1. The van der Waals surface area contributed by atoms with E-state index in [1.54, 1.807) is 11.8 Å². The second-order valence-corrected chi connectivity index (χ2v) is 4.09. The minimum Gasteiger partial charge on any atom is -0.370 e. The smallest absolute Gasteiger partial charge is 0.0440 e. The van der Waals surface area contributed by atoms with Crippen LogP contribution < -0.4 is 4.90 Å². The third-order valence-electron chi connectivity index (χ3n) is 2.32. The Hall–Kier alpha value is -0.890. The molecule has 0 aliphatic carbocycles. The minimum absolute atomic E-state index is 1.02. The molecule has 2 heteroatoms. The molecule has 13 heavy (non-hydrogen) atoms. The van der Waals surface area contributed by atoms with Gasteiger partial charge in [-0.1, -0.05) is 12.2 Å². The molecule has 0 amide bonds. The van der Waals surface area contributed by atoms with Crippen LogP contribution in [0.4, 0.5) is 5.69 Å². The lowest BCUT2D eigenvalue weighted by atomic mass is 10.1. The molecule has 1 aliphatic heterocycles. The molecule has 1 aromatic carbocycles. The Labute approximate surface area is 83.4 Å². The van der Waals surface area contributed by atoms with Gasteiger partial charge in [-0.25, -0.2) is 0 Å². The highest BCUT2D eigenvalue weighted by molar-refractivity contribution is 7.98. The maximum Gasteiger partial charge on any atom is 0.0440 e. The van der Waals surface area contributed by atoms with Gasteiger partial charge in [-0.15, -0.1) is 11.8 Å². The van der Waals surface area contributed by atoms with Crippen LogP contribution in [0.1, 0.15) is 5.56 Å². The van der Waals surface area contributed by atoms with Crippen molar-refractivity contribution in [2.45, 2.75) is 4.90 Å². The summed E-state index contributed by atoms with van der Waals surface area (Å²) in [4.78, 5) is 3.60. The van der Waals surface area contributed by atoms with E-state index in [0.29, 0.717) is 0 Å². The van der Waals surface area contributed by atoms with Crippen molar-refractivity contribution in [1.82, 2.24) is 0 Å². The largest absolute Gasteiger partial charge is 0.370 e. The van der Waals surface area contributed by atoms with E-state index in [0.717, 1.165) is 6.54 Å². The molecule has 0 atom stereocenters. The number of thioether (sulfide) groups is 1. The van der Waals surface area contributed by atoms with E-state index in [1.807, 2.05) is 0 Å². The highest BCUT2D eigenvalue weighted by Gasteiger charge is 2.08. The number of rotatable bonds is 1. The van der Waals surface area contributed by atoms with Crippen LogP contribution in [0.15, 0.2) is 29.2 Å². The molecule has 0 saturated carbocycles. The molecule has 0 aromatic heterocycles. The Morgan fingerprint density at radius 3 is 3.00 bits per heavy atom. The number of hydrogen-bond donors (Lipinski definition) is 0. The lowest BCUT2D eigenvalue weighted by molar-refractivity contribution is 1.02. The highest BCUT2D eigenvalue weighted by atomic mass is 32.2. The fraction of sp³-hybridized carbons (Fsp3) is 0.273. The molecule has 0 bridgehead atoms. The SMILES string of the molecule is CSc1ccc2c(c1)C=CCN2C. The molecule has 68 valence electrons. The second kappa shape index (κ2) is 3.46. The van der Waals surface area contributed by atoms with Gasteiger partial charge in [0.15, 0.2) is 0 Å². The zero-order chi connectivity index (χ0) is 9.26. The van der Waals surface area contributed by atoms with Gasteiger partial charge in [0.25, 0.3) is 0 Å². The van der Waals surface area contributed by atoms with Crippen LogP contribution >= 0.6 is 11.8 Å². The van der Waals surface area contributed by atoms with Gasteiger partial charge in [-0.3, -0.25) is 0 Å². The van der Waals surface area contributed by atoms with E-state index < -0.39 is 0 Å². The van der Waals surface area contributed by atoms with Gasteiger partial charge in [0.05, 0.1) is 0 Å². The standard InChI is InChI=1S/C11H13NS/c1-12-7-3-4-9-8-10(13-2)5-6-11(9)12/h3-6,8H,7H2,1-2H3. The van der Waals surface area contributed by atoms with E-state index in [1.165, 1.54) is 16.1 Å². The van der Waals surface area contributed by atoms with E-state index >= 15 is 0 Å². The zero-order valence-corrected chi connectivity index (χ0v) is 8.77. The van der Waals surface area contributed by atoms with Crippen LogP contribution in [-0.4, -0.2) is 19.8 Å². The van der Waals surface area contributed by atoms with Crippen molar-refractivity contribution in [3.63, 3.8) is 0 Å². The third kappa shape index (κ3) is 1.59. The number of anilines is 1. The predicted molar refractivity (Wildman–Crippen MR) is 60.5 cm³/mol. The molecular weight excluding hydrogens is 178 g/mol. The molecule has 1 nitrogen and oxygen atoms in total. The summed E-state index contributed by atoms with van der Waals surface area (Å²) in [6.07, 6.45) is 6.51. The first-order valence-corrected chi connectivity index (χ1v) is 5.59. The van der Waals surface area contributed by atoms with Crippen molar-refractivity contribution in [3.05, 3.63) is 29.8 Å². The van der Waals surface area contributed by atoms with Crippen LogP contribution in [0.3, 0.4) is 0 Å². The van der Waals surface area contributed by atoms with Crippen LogP contribution in [0.2, 0.25) is 0 Å². The Balaban J connectivity index is 2.47. The van der Waals surface area contributed by atoms with Gasteiger partial charge >= 0.3 is 0 Å². The van der Waals surface area contributed by atoms with E-state index in [9.17, 15) is 0 Å². The van der Waals surface area contributed by atoms with Gasteiger partial charge in [0.1, 0.15) is 0 Å². The van der Waals surface area contributed by atoms with Gasteiger partial charge in [-0.05, 0) is 30.0 Å².